The molecule has 1 amide bonds. The van der Waals surface area contributed by atoms with Gasteiger partial charge in [-0.15, -0.1) is 0 Å². The smallest absolute Gasteiger partial charge is 0.251 e. The lowest BCUT2D eigenvalue weighted by atomic mass is 10.0. The molecule has 0 fully saturated rings. The maximum absolute atomic E-state index is 12.0. The first-order valence-electron chi connectivity index (χ1n) is 6.36. The molecule has 0 aliphatic carbocycles. The molecule has 0 saturated heterocycles. The minimum atomic E-state index is -0.0643. The highest BCUT2D eigenvalue weighted by atomic mass is 16.5. The summed E-state index contributed by atoms with van der Waals surface area (Å²) in [6, 6.07) is 7.55. The van der Waals surface area contributed by atoms with E-state index in [1.807, 2.05) is 38.1 Å². The zero-order valence-corrected chi connectivity index (χ0v) is 11.1. The van der Waals surface area contributed by atoms with Gasteiger partial charge in [-0.1, -0.05) is 18.2 Å². The van der Waals surface area contributed by atoms with E-state index in [4.69, 9.17) is 10.5 Å². The number of nitrogens with two attached hydrogens (primary N) is 1. The molecule has 100 valence electrons. The third-order valence-electron chi connectivity index (χ3n) is 2.68. The Hall–Kier alpha value is -1.39. The second-order valence-corrected chi connectivity index (χ2v) is 4.17. The van der Waals surface area contributed by atoms with Crippen molar-refractivity contribution in [3.63, 3.8) is 0 Å². The third-order valence-corrected chi connectivity index (χ3v) is 2.68. The van der Waals surface area contributed by atoms with Crippen molar-refractivity contribution in [2.45, 2.75) is 26.4 Å². The fourth-order valence-electron chi connectivity index (χ4n) is 1.79. The molecule has 0 radical (unpaired) electrons. The first kappa shape index (κ1) is 14.7. The number of rotatable bonds is 7. The van der Waals surface area contributed by atoms with Crippen LogP contribution < -0.4 is 11.1 Å². The number of amides is 1. The minimum absolute atomic E-state index is 0.0284. The van der Waals surface area contributed by atoms with Crippen molar-refractivity contribution in [2.24, 2.45) is 5.73 Å². The SMILES string of the molecule is CCOC(C)CNC(=O)c1ccccc1CCN. The summed E-state index contributed by atoms with van der Waals surface area (Å²) in [6.45, 7) is 5.59. The van der Waals surface area contributed by atoms with E-state index in [0.717, 1.165) is 5.56 Å². The molecule has 1 atom stereocenters. The summed E-state index contributed by atoms with van der Waals surface area (Å²) in [5.41, 5.74) is 7.23. The van der Waals surface area contributed by atoms with E-state index in [-0.39, 0.29) is 12.0 Å². The first-order chi connectivity index (χ1) is 8.69. The van der Waals surface area contributed by atoms with Gasteiger partial charge in [0.05, 0.1) is 6.10 Å². The van der Waals surface area contributed by atoms with Crippen molar-refractivity contribution in [1.82, 2.24) is 5.32 Å². The summed E-state index contributed by atoms with van der Waals surface area (Å²) in [5, 5.41) is 2.88. The number of ether oxygens (including phenoxy) is 1. The second-order valence-electron chi connectivity index (χ2n) is 4.17. The average Bonchev–Trinajstić information content (AvgIpc) is 2.37. The lowest BCUT2D eigenvalue weighted by Gasteiger charge is -2.14. The molecule has 1 aromatic carbocycles. The highest BCUT2D eigenvalue weighted by Gasteiger charge is 2.11. The monoisotopic (exact) mass is 250 g/mol. The molecule has 4 heteroatoms. The van der Waals surface area contributed by atoms with E-state index < -0.39 is 0 Å². The molecule has 1 aromatic rings. The molecule has 0 saturated carbocycles. The Morgan fingerprint density at radius 2 is 2.17 bits per heavy atom. The fourth-order valence-corrected chi connectivity index (χ4v) is 1.79. The van der Waals surface area contributed by atoms with Gasteiger partial charge in [0.1, 0.15) is 0 Å². The van der Waals surface area contributed by atoms with Gasteiger partial charge in [-0.25, -0.2) is 0 Å². The molecule has 4 nitrogen and oxygen atoms in total. The van der Waals surface area contributed by atoms with E-state index in [1.54, 1.807) is 0 Å². The molecule has 0 bridgehead atoms. The van der Waals surface area contributed by atoms with Gasteiger partial charge < -0.3 is 15.8 Å². The van der Waals surface area contributed by atoms with Crippen LogP contribution in [-0.2, 0) is 11.2 Å². The predicted octanol–water partition coefficient (Wildman–Crippen LogP) is 1.34. The molecular formula is C14H22N2O2. The number of carbonyl (C=O) groups excluding carboxylic acids is 1. The Morgan fingerprint density at radius 1 is 1.44 bits per heavy atom. The minimum Gasteiger partial charge on any atom is -0.377 e. The third kappa shape index (κ3) is 4.47. The van der Waals surface area contributed by atoms with Crippen LogP contribution in [0.2, 0.25) is 0 Å². The Kier molecular flexibility index (Phi) is 6.39. The summed E-state index contributed by atoms with van der Waals surface area (Å²) in [4.78, 5) is 12.0. The lowest BCUT2D eigenvalue weighted by molar-refractivity contribution is 0.0694. The lowest BCUT2D eigenvalue weighted by Crippen LogP contribution is -2.32. The van der Waals surface area contributed by atoms with E-state index >= 15 is 0 Å². The molecule has 1 unspecified atom stereocenters. The topological polar surface area (TPSA) is 64.3 Å². The molecule has 0 spiro atoms. The van der Waals surface area contributed by atoms with E-state index in [9.17, 15) is 4.79 Å². The Labute approximate surface area is 109 Å². The van der Waals surface area contributed by atoms with Crippen LogP contribution in [0.25, 0.3) is 0 Å². The average molecular weight is 250 g/mol. The normalized spacial score (nSPS) is 12.2. The predicted molar refractivity (Wildman–Crippen MR) is 72.6 cm³/mol. The van der Waals surface area contributed by atoms with E-state index in [2.05, 4.69) is 5.32 Å². The van der Waals surface area contributed by atoms with Crippen molar-refractivity contribution in [1.29, 1.82) is 0 Å². The van der Waals surface area contributed by atoms with Crippen LogP contribution in [0.4, 0.5) is 0 Å². The number of benzene rings is 1. The van der Waals surface area contributed by atoms with Crippen LogP contribution in [0.1, 0.15) is 29.8 Å². The van der Waals surface area contributed by atoms with E-state index in [0.29, 0.717) is 31.7 Å². The quantitative estimate of drug-likeness (QED) is 0.767. The van der Waals surface area contributed by atoms with Gasteiger partial charge in [0.15, 0.2) is 0 Å². The highest BCUT2D eigenvalue weighted by Crippen LogP contribution is 2.09. The number of hydrogen-bond donors (Lipinski definition) is 2. The first-order valence-corrected chi connectivity index (χ1v) is 6.36. The molecule has 0 aliphatic heterocycles. The molecule has 0 aliphatic rings. The molecule has 1 rings (SSSR count). The molecular weight excluding hydrogens is 228 g/mol. The van der Waals surface area contributed by atoms with E-state index in [1.165, 1.54) is 0 Å². The highest BCUT2D eigenvalue weighted by molar-refractivity contribution is 5.95. The van der Waals surface area contributed by atoms with Crippen LogP contribution in [0.15, 0.2) is 24.3 Å². The van der Waals surface area contributed by atoms with Gasteiger partial charge in [-0.3, -0.25) is 4.79 Å². The number of carbonyl (C=O) groups is 1. The van der Waals surface area contributed by atoms with Gasteiger partial charge in [-0.05, 0) is 38.4 Å². The van der Waals surface area contributed by atoms with Crippen LogP contribution in [0.5, 0.6) is 0 Å². The summed E-state index contributed by atoms with van der Waals surface area (Å²) < 4.78 is 5.37. The summed E-state index contributed by atoms with van der Waals surface area (Å²) >= 11 is 0. The van der Waals surface area contributed by atoms with Crippen LogP contribution in [0.3, 0.4) is 0 Å². The van der Waals surface area contributed by atoms with Crippen LogP contribution in [0, 0.1) is 0 Å². The summed E-state index contributed by atoms with van der Waals surface area (Å²) in [5.74, 6) is -0.0643. The molecule has 3 N–H and O–H groups in total. The Bertz CT molecular complexity index is 380. The number of hydrogen-bond acceptors (Lipinski definition) is 3. The number of nitrogens with one attached hydrogen (secondary N) is 1. The van der Waals surface area contributed by atoms with Gasteiger partial charge in [-0.2, -0.15) is 0 Å². The fraction of sp³-hybridized carbons (Fsp3) is 0.500. The maximum Gasteiger partial charge on any atom is 0.251 e. The van der Waals surface area contributed by atoms with Gasteiger partial charge in [0.2, 0.25) is 0 Å². The van der Waals surface area contributed by atoms with Crippen molar-refractivity contribution >= 4 is 5.91 Å². The van der Waals surface area contributed by atoms with Gasteiger partial charge in [0.25, 0.3) is 5.91 Å². The van der Waals surface area contributed by atoms with Crippen molar-refractivity contribution in [3.05, 3.63) is 35.4 Å². The zero-order chi connectivity index (χ0) is 13.4. The second kappa shape index (κ2) is 7.84. The Balaban J connectivity index is 2.60. The van der Waals surface area contributed by atoms with Crippen LogP contribution in [-0.4, -0.2) is 31.7 Å². The van der Waals surface area contributed by atoms with Crippen LogP contribution >= 0.6 is 0 Å². The zero-order valence-electron chi connectivity index (χ0n) is 11.1. The molecule has 0 aromatic heterocycles. The molecule has 0 heterocycles. The van der Waals surface area contributed by atoms with Crippen molar-refractivity contribution in [3.8, 4) is 0 Å². The largest absolute Gasteiger partial charge is 0.377 e. The summed E-state index contributed by atoms with van der Waals surface area (Å²) in [6.07, 6.45) is 0.741. The maximum atomic E-state index is 12.0. The molecule has 18 heavy (non-hydrogen) atoms. The van der Waals surface area contributed by atoms with Gasteiger partial charge in [0, 0.05) is 18.7 Å². The standard InChI is InChI=1S/C14H22N2O2/c1-3-18-11(2)10-16-14(17)13-7-5-4-6-12(13)8-9-15/h4-7,11H,3,8-10,15H2,1-2H3,(H,16,17). The van der Waals surface area contributed by atoms with Crippen molar-refractivity contribution < 1.29 is 9.53 Å². The van der Waals surface area contributed by atoms with Gasteiger partial charge >= 0.3 is 0 Å². The Morgan fingerprint density at radius 3 is 2.83 bits per heavy atom. The summed E-state index contributed by atoms with van der Waals surface area (Å²) in [7, 11) is 0. The van der Waals surface area contributed by atoms with Crippen molar-refractivity contribution in [2.75, 3.05) is 19.7 Å².